The molecule has 0 aromatic heterocycles. The molecular formula is C45H77NO4Si2. The van der Waals surface area contributed by atoms with Crippen molar-refractivity contribution in [3.63, 3.8) is 0 Å². The van der Waals surface area contributed by atoms with Crippen LogP contribution in [0, 0.1) is 0 Å². The fraction of sp³-hybridized carbons (Fsp3) is 0.667. The van der Waals surface area contributed by atoms with Crippen molar-refractivity contribution in [2.45, 2.75) is 187 Å². The highest BCUT2D eigenvalue weighted by atomic mass is 28.4. The Morgan fingerprint density at radius 1 is 0.692 bits per heavy atom. The Bertz CT molecular complexity index is 1250. The number of hydrogen-bond donors (Lipinski definition) is 1. The fourth-order valence-corrected chi connectivity index (χ4v) is 12.4. The van der Waals surface area contributed by atoms with Gasteiger partial charge in [0, 0.05) is 0 Å². The van der Waals surface area contributed by atoms with Crippen LogP contribution in [-0.2, 0) is 13.6 Å². The second kappa shape index (κ2) is 21.6. The van der Waals surface area contributed by atoms with Crippen LogP contribution >= 0.6 is 0 Å². The number of benzene rings is 2. The van der Waals surface area contributed by atoms with E-state index in [2.05, 4.69) is 140 Å². The molecule has 2 aromatic rings. The number of hydrogen-bond acceptors (Lipinski definition) is 4. The minimum atomic E-state index is -2.88. The third kappa shape index (κ3) is 15.3. The Hall–Kier alpha value is -2.20. The lowest BCUT2D eigenvalue weighted by Crippen LogP contribution is -2.68. The highest BCUT2D eigenvalue weighted by molar-refractivity contribution is 6.99. The molecule has 0 spiro atoms. The van der Waals surface area contributed by atoms with Crippen LogP contribution in [0.5, 0.6) is 0 Å². The molecule has 0 fully saturated rings. The van der Waals surface area contributed by atoms with Crippen molar-refractivity contribution in [2.24, 2.45) is 0 Å². The summed E-state index contributed by atoms with van der Waals surface area (Å²) in [5.74, 6) is 0. The second-order valence-corrected chi connectivity index (χ2v) is 27.4. The highest BCUT2D eigenvalue weighted by Gasteiger charge is 2.51. The summed E-state index contributed by atoms with van der Waals surface area (Å²) < 4.78 is 20.5. The van der Waals surface area contributed by atoms with Crippen LogP contribution in [-0.4, -0.2) is 47.1 Å². The quantitative estimate of drug-likeness (QED) is 0.0739. The molecule has 0 heterocycles. The van der Waals surface area contributed by atoms with Crippen LogP contribution in [0.25, 0.3) is 0 Å². The summed E-state index contributed by atoms with van der Waals surface area (Å²) in [6, 6.07) is 20.9. The molecule has 52 heavy (non-hydrogen) atoms. The van der Waals surface area contributed by atoms with E-state index in [-0.39, 0.29) is 22.8 Å². The number of carbonyl (C=O) groups is 1. The first-order valence-corrected chi connectivity index (χ1v) is 25.2. The summed E-state index contributed by atoms with van der Waals surface area (Å²) in [7, 11) is -5.14. The molecule has 0 unspecified atom stereocenters. The maximum atomic E-state index is 13.5. The predicted molar refractivity (Wildman–Crippen MR) is 229 cm³/mol. The van der Waals surface area contributed by atoms with Crippen LogP contribution in [0.15, 0.2) is 72.8 Å². The molecule has 7 heteroatoms. The van der Waals surface area contributed by atoms with Crippen molar-refractivity contribution in [1.82, 2.24) is 5.32 Å². The summed E-state index contributed by atoms with van der Waals surface area (Å²) in [5.41, 5.74) is -0.631. The van der Waals surface area contributed by atoms with Crippen molar-refractivity contribution in [2.75, 3.05) is 6.61 Å². The average Bonchev–Trinajstić information content (AvgIpc) is 3.05. The van der Waals surface area contributed by atoms with Gasteiger partial charge in [0.1, 0.15) is 5.60 Å². The molecule has 1 N–H and O–H groups in total. The van der Waals surface area contributed by atoms with Crippen LogP contribution in [0.2, 0.25) is 23.2 Å². The van der Waals surface area contributed by atoms with Crippen molar-refractivity contribution in [3.8, 4) is 0 Å². The molecule has 0 aliphatic carbocycles. The first kappa shape index (κ1) is 46.0. The molecule has 0 aliphatic rings. The number of allylic oxidation sites excluding steroid dienone is 1. The highest BCUT2D eigenvalue weighted by Crippen LogP contribution is 2.39. The molecule has 0 aliphatic heterocycles. The minimum absolute atomic E-state index is 0.00951. The van der Waals surface area contributed by atoms with E-state index in [0.717, 1.165) is 12.8 Å². The van der Waals surface area contributed by atoms with Crippen LogP contribution in [0.3, 0.4) is 0 Å². The zero-order chi connectivity index (χ0) is 38.9. The van der Waals surface area contributed by atoms with E-state index >= 15 is 0 Å². The van der Waals surface area contributed by atoms with Crippen molar-refractivity contribution >= 4 is 33.1 Å². The Labute approximate surface area is 322 Å². The molecule has 0 saturated carbocycles. The summed E-state index contributed by atoms with van der Waals surface area (Å²) in [6.07, 6.45) is 19.2. The lowest BCUT2D eigenvalue weighted by molar-refractivity contribution is 0.0422. The number of ether oxygens (including phenoxy) is 1. The molecular weight excluding hydrogens is 675 g/mol. The molecule has 294 valence electrons. The first-order chi connectivity index (χ1) is 24.3. The average molecular weight is 752 g/mol. The first-order valence-electron chi connectivity index (χ1n) is 20.4. The van der Waals surface area contributed by atoms with E-state index in [1.165, 1.54) is 74.6 Å². The van der Waals surface area contributed by atoms with Crippen molar-refractivity contribution in [1.29, 1.82) is 0 Å². The van der Waals surface area contributed by atoms with E-state index in [9.17, 15) is 4.79 Å². The topological polar surface area (TPSA) is 56.8 Å². The van der Waals surface area contributed by atoms with Gasteiger partial charge in [-0.1, -0.05) is 185 Å². The zero-order valence-electron chi connectivity index (χ0n) is 35.4. The molecule has 2 rings (SSSR count). The second-order valence-electron chi connectivity index (χ2n) is 18.3. The van der Waals surface area contributed by atoms with E-state index in [4.69, 9.17) is 13.6 Å². The molecule has 5 nitrogen and oxygen atoms in total. The van der Waals surface area contributed by atoms with Crippen molar-refractivity contribution < 1.29 is 18.4 Å². The SMILES string of the molecule is CCCCCCCCCCCCC/C=C\[C@@H](O[Si](C)(C)C(C)(C)C)[C@H](CO[Si](c1ccccc1)(c1ccccc1)C(C)(C)C)NC(=O)OC(C)(C)C. The van der Waals surface area contributed by atoms with Crippen molar-refractivity contribution in [3.05, 3.63) is 72.8 Å². The lowest BCUT2D eigenvalue weighted by atomic mass is 10.0. The molecule has 0 radical (unpaired) electrons. The molecule has 0 saturated heterocycles. The van der Waals surface area contributed by atoms with E-state index in [1.54, 1.807) is 0 Å². The van der Waals surface area contributed by atoms with Crippen LogP contribution < -0.4 is 15.7 Å². The van der Waals surface area contributed by atoms with Gasteiger partial charge < -0.3 is 18.9 Å². The molecule has 0 bridgehead atoms. The Balaban J connectivity index is 2.39. The van der Waals surface area contributed by atoms with Gasteiger partial charge in [-0.15, -0.1) is 0 Å². The number of nitrogens with one attached hydrogen (secondary N) is 1. The number of unbranched alkanes of at least 4 members (excludes halogenated alkanes) is 11. The van der Waals surface area contributed by atoms with Gasteiger partial charge in [-0.25, -0.2) is 4.79 Å². The maximum Gasteiger partial charge on any atom is 0.408 e. The normalized spacial score (nSPS) is 14.4. The molecule has 2 aromatic carbocycles. The molecule has 2 atom stereocenters. The number of alkyl carbamates (subject to hydrolysis) is 1. The zero-order valence-corrected chi connectivity index (χ0v) is 37.4. The third-order valence-corrected chi connectivity index (χ3v) is 20.0. The predicted octanol–water partition coefficient (Wildman–Crippen LogP) is 12.1. The van der Waals surface area contributed by atoms with Gasteiger partial charge in [0.15, 0.2) is 8.32 Å². The summed E-state index contributed by atoms with van der Waals surface area (Å²) in [5, 5.41) is 5.46. The van der Waals surface area contributed by atoms with E-state index in [0.29, 0.717) is 0 Å². The standard InChI is InChI=1S/C45H77NO4Si2/c1-13-14-15-16-17-18-19-20-21-22-23-24-31-36-41(50-51(11,12)44(5,6)7)40(46-42(47)49-43(2,3)4)37-48-52(45(8,9)10,38-32-27-25-28-33-38)39-34-29-26-30-35-39/h25-36,40-41H,13-24,37H2,1-12H3,(H,46,47)/b36-31-/t40-,41+/m0/s1. The molecule has 1 amide bonds. The van der Waals surface area contributed by atoms with Gasteiger partial charge in [-0.3, -0.25) is 0 Å². The lowest BCUT2D eigenvalue weighted by Gasteiger charge is -2.45. The third-order valence-electron chi connectivity index (χ3n) is 10.5. The minimum Gasteiger partial charge on any atom is -0.444 e. The van der Waals surface area contributed by atoms with Gasteiger partial charge >= 0.3 is 6.09 Å². The Morgan fingerprint density at radius 3 is 1.58 bits per heavy atom. The van der Waals surface area contributed by atoms with Crippen LogP contribution in [0.1, 0.15) is 146 Å². The van der Waals surface area contributed by atoms with E-state index in [1.807, 2.05) is 20.8 Å². The van der Waals surface area contributed by atoms with Crippen LogP contribution in [0.4, 0.5) is 4.79 Å². The van der Waals surface area contributed by atoms with Gasteiger partial charge in [-0.05, 0) is 67.2 Å². The fourth-order valence-electron chi connectivity index (χ4n) is 6.58. The number of carbonyl (C=O) groups excluding carboxylic acids is 1. The summed E-state index contributed by atoms with van der Waals surface area (Å²) in [6.45, 7) is 26.5. The number of rotatable bonds is 22. The van der Waals surface area contributed by atoms with Gasteiger partial charge in [-0.2, -0.15) is 0 Å². The largest absolute Gasteiger partial charge is 0.444 e. The Morgan fingerprint density at radius 2 is 1.15 bits per heavy atom. The van der Waals surface area contributed by atoms with Gasteiger partial charge in [0.2, 0.25) is 0 Å². The monoisotopic (exact) mass is 752 g/mol. The van der Waals surface area contributed by atoms with E-state index < -0.39 is 34.4 Å². The Kier molecular flexibility index (Phi) is 19.1. The maximum absolute atomic E-state index is 13.5. The van der Waals surface area contributed by atoms with Gasteiger partial charge in [0.05, 0.1) is 18.8 Å². The number of amides is 1. The summed E-state index contributed by atoms with van der Waals surface area (Å²) >= 11 is 0. The summed E-state index contributed by atoms with van der Waals surface area (Å²) in [4.78, 5) is 13.5. The van der Waals surface area contributed by atoms with Gasteiger partial charge in [0.25, 0.3) is 8.32 Å². The smallest absolute Gasteiger partial charge is 0.408 e.